The highest BCUT2D eigenvalue weighted by molar-refractivity contribution is 7.99. The highest BCUT2D eigenvalue weighted by Gasteiger charge is 2.16. The summed E-state index contributed by atoms with van der Waals surface area (Å²) in [5, 5.41) is 10.6. The molecule has 0 unspecified atom stereocenters. The number of amides is 1. The number of hydrogen-bond acceptors (Lipinski definition) is 6. The van der Waals surface area contributed by atoms with Crippen molar-refractivity contribution < 1.29 is 18.4 Å². The van der Waals surface area contributed by atoms with Crippen LogP contribution < -0.4 is 5.32 Å². The van der Waals surface area contributed by atoms with E-state index in [-0.39, 0.29) is 22.4 Å². The van der Waals surface area contributed by atoms with Gasteiger partial charge in [-0.3, -0.25) is 9.59 Å². The number of nitrogens with zero attached hydrogens (tertiary/aromatic N) is 2. The molecular formula is C19H16FN3O3S. The average Bonchev–Trinajstić information content (AvgIpc) is 3.08. The van der Waals surface area contributed by atoms with Crippen LogP contribution in [0.4, 0.5) is 10.1 Å². The van der Waals surface area contributed by atoms with Crippen LogP contribution in [0.5, 0.6) is 0 Å². The third-order valence-electron chi connectivity index (χ3n) is 3.70. The van der Waals surface area contributed by atoms with Gasteiger partial charge < -0.3 is 9.73 Å². The maximum absolute atomic E-state index is 14.1. The van der Waals surface area contributed by atoms with Gasteiger partial charge in [0.1, 0.15) is 5.82 Å². The number of carbonyl (C=O) groups excluding carboxylic acids is 2. The Hall–Kier alpha value is -3.00. The first-order valence-corrected chi connectivity index (χ1v) is 9.05. The summed E-state index contributed by atoms with van der Waals surface area (Å²) in [5.41, 5.74) is 2.05. The van der Waals surface area contributed by atoms with Crippen molar-refractivity contribution in [2.75, 3.05) is 11.1 Å². The molecule has 8 heteroatoms. The highest BCUT2D eigenvalue weighted by atomic mass is 32.2. The van der Waals surface area contributed by atoms with Crippen LogP contribution in [0, 0.1) is 12.7 Å². The van der Waals surface area contributed by atoms with Crippen LogP contribution in [0.1, 0.15) is 22.8 Å². The molecule has 0 aliphatic rings. The molecule has 138 valence electrons. The summed E-state index contributed by atoms with van der Waals surface area (Å²) in [7, 11) is 0. The highest BCUT2D eigenvalue weighted by Crippen LogP contribution is 2.26. The second kappa shape index (κ2) is 8.13. The van der Waals surface area contributed by atoms with Gasteiger partial charge in [-0.1, -0.05) is 30.0 Å². The van der Waals surface area contributed by atoms with Crippen molar-refractivity contribution in [1.82, 2.24) is 10.2 Å². The first kappa shape index (κ1) is 18.8. The largest absolute Gasteiger partial charge is 0.411 e. The Kier molecular flexibility index (Phi) is 5.66. The Morgan fingerprint density at radius 1 is 1.19 bits per heavy atom. The van der Waals surface area contributed by atoms with Crippen LogP contribution in [-0.2, 0) is 4.79 Å². The summed E-state index contributed by atoms with van der Waals surface area (Å²) in [6.45, 7) is 3.26. The fourth-order valence-corrected chi connectivity index (χ4v) is 3.06. The maximum atomic E-state index is 14.1. The molecule has 1 N–H and O–H groups in total. The predicted molar refractivity (Wildman–Crippen MR) is 100 cm³/mol. The number of Topliss-reactive ketones (excluding diaryl/α,β-unsaturated/α-hetero) is 1. The van der Waals surface area contributed by atoms with Crippen molar-refractivity contribution in [3.8, 4) is 11.5 Å². The van der Waals surface area contributed by atoms with E-state index in [0.29, 0.717) is 11.6 Å². The van der Waals surface area contributed by atoms with E-state index in [1.807, 2.05) is 31.2 Å². The molecule has 0 spiro atoms. The minimum Gasteiger partial charge on any atom is -0.411 e. The van der Waals surface area contributed by atoms with Crippen molar-refractivity contribution in [1.29, 1.82) is 0 Å². The second-order valence-electron chi connectivity index (χ2n) is 5.78. The number of hydrogen-bond donors (Lipinski definition) is 1. The zero-order valence-corrected chi connectivity index (χ0v) is 15.5. The Morgan fingerprint density at radius 3 is 2.67 bits per heavy atom. The Balaban J connectivity index is 1.66. The van der Waals surface area contributed by atoms with E-state index in [2.05, 4.69) is 15.5 Å². The number of nitrogens with one attached hydrogen (secondary N) is 1. The number of anilines is 1. The molecule has 3 aromatic rings. The van der Waals surface area contributed by atoms with E-state index in [0.717, 1.165) is 29.0 Å². The molecule has 0 saturated heterocycles. The smallest absolute Gasteiger partial charge is 0.277 e. The number of carbonyl (C=O) groups is 2. The molecule has 27 heavy (non-hydrogen) atoms. The zero-order chi connectivity index (χ0) is 19.4. The van der Waals surface area contributed by atoms with Gasteiger partial charge in [-0.05, 0) is 36.8 Å². The SMILES string of the molecule is CC(=O)Nc1ccc(C(=O)CSc2nnc(-c3ccccc3C)o2)c(F)c1. The van der Waals surface area contributed by atoms with E-state index in [1.54, 1.807) is 0 Å². The number of benzene rings is 2. The summed E-state index contributed by atoms with van der Waals surface area (Å²) >= 11 is 1.04. The van der Waals surface area contributed by atoms with Gasteiger partial charge in [0.05, 0.1) is 11.3 Å². The molecule has 1 aromatic heterocycles. The summed E-state index contributed by atoms with van der Waals surface area (Å²) < 4.78 is 19.7. The lowest BCUT2D eigenvalue weighted by Crippen LogP contribution is -2.09. The maximum Gasteiger partial charge on any atom is 0.277 e. The molecular weight excluding hydrogens is 369 g/mol. The number of rotatable bonds is 6. The van der Waals surface area contributed by atoms with Gasteiger partial charge >= 0.3 is 0 Å². The summed E-state index contributed by atoms with van der Waals surface area (Å²) in [6, 6.07) is 11.5. The summed E-state index contributed by atoms with van der Waals surface area (Å²) in [4.78, 5) is 23.3. The van der Waals surface area contributed by atoms with Gasteiger partial charge in [-0.15, -0.1) is 10.2 Å². The molecule has 0 saturated carbocycles. The fraction of sp³-hybridized carbons (Fsp3) is 0.158. The molecule has 0 fully saturated rings. The predicted octanol–water partition coefficient (Wildman–Crippen LogP) is 4.12. The van der Waals surface area contributed by atoms with Gasteiger partial charge in [-0.25, -0.2) is 4.39 Å². The molecule has 1 heterocycles. The minimum atomic E-state index is -0.696. The van der Waals surface area contributed by atoms with Gasteiger partial charge in [0.15, 0.2) is 5.78 Å². The van der Waals surface area contributed by atoms with Gasteiger partial charge in [-0.2, -0.15) is 0 Å². The first-order chi connectivity index (χ1) is 12.9. The third-order valence-corrected chi connectivity index (χ3v) is 4.52. The topological polar surface area (TPSA) is 85.1 Å². The molecule has 2 aromatic carbocycles. The standard InChI is InChI=1S/C19H16FN3O3S/c1-11-5-3-4-6-14(11)18-22-23-19(26-18)27-10-17(25)15-8-7-13(9-16(15)20)21-12(2)24/h3-9H,10H2,1-2H3,(H,21,24). The number of aryl methyl sites for hydroxylation is 1. The Labute approximate surface area is 159 Å². The van der Waals surface area contributed by atoms with Crippen molar-refractivity contribution >= 4 is 29.1 Å². The van der Waals surface area contributed by atoms with Crippen molar-refractivity contribution in [2.45, 2.75) is 19.1 Å². The fourth-order valence-electron chi connectivity index (χ4n) is 2.42. The van der Waals surface area contributed by atoms with E-state index in [9.17, 15) is 14.0 Å². The molecule has 3 rings (SSSR count). The molecule has 0 bridgehead atoms. The quantitative estimate of drug-likeness (QED) is 0.508. The van der Waals surface area contributed by atoms with Crippen LogP contribution in [-0.4, -0.2) is 27.6 Å². The number of ketones is 1. The summed E-state index contributed by atoms with van der Waals surface area (Å²) in [6.07, 6.45) is 0. The van der Waals surface area contributed by atoms with E-state index < -0.39 is 11.6 Å². The lowest BCUT2D eigenvalue weighted by molar-refractivity contribution is -0.114. The van der Waals surface area contributed by atoms with E-state index in [4.69, 9.17) is 4.42 Å². The monoisotopic (exact) mass is 385 g/mol. The molecule has 0 aliphatic heterocycles. The van der Waals surface area contributed by atoms with Crippen LogP contribution in [0.15, 0.2) is 52.1 Å². The van der Waals surface area contributed by atoms with Gasteiger partial charge in [0.25, 0.3) is 5.22 Å². The molecule has 1 amide bonds. The zero-order valence-electron chi connectivity index (χ0n) is 14.7. The van der Waals surface area contributed by atoms with E-state index >= 15 is 0 Å². The Morgan fingerprint density at radius 2 is 1.96 bits per heavy atom. The molecule has 0 aliphatic carbocycles. The lowest BCUT2D eigenvalue weighted by Gasteiger charge is -2.05. The second-order valence-corrected chi connectivity index (χ2v) is 6.70. The minimum absolute atomic E-state index is 0.0498. The van der Waals surface area contributed by atoms with Crippen LogP contribution in [0.2, 0.25) is 0 Å². The van der Waals surface area contributed by atoms with Crippen LogP contribution in [0.3, 0.4) is 0 Å². The molecule has 6 nitrogen and oxygen atoms in total. The molecule has 0 atom stereocenters. The van der Waals surface area contributed by atoms with Gasteiger partial charge in [0, 0.05) is 18.2 Å². The third kappa shape index (κ3) is 4.59. The summed E-state index contributed by atoms with van der Waals surface area (Å²) in [5.74, 6) is -1.11. The van der Waals surface area contributed by atoms with Crippen LogP contribution >= 0.6 is 11.8 Å². The van der Waals surface area contributed by atoms with Crippen molar-refractivity contribution in [3.05, 3.63) is 59.4 Å². The van der Waals surface area contributed by atoms with E-state index in [1.165, 1.54) is 19.1 Å². The van der Waals surface area contributed by atoms with Crippen molar-refractivity contribution in [3.63, 3.8) is 0 Å². The van der Waals surface area contributed by atoms with Gasteiger partial charge in [0.2, 0.25) is 11.8 Å². The Bertz CT molecular complexity index is 1000. The first-order valence-electron chi connectivity index (χ1n) is 8.06. The number of thioether (sulfide) groups is 1. The lowest BCUT2D eigenvalue weighted by atomic mass is 10.1. The van der Waals surface area contributed by atoms with Crippen molar-refractivity contribution in [2.24, 2.45) is 0 Å². The molecule has 0 radical (unpaired) electrons. The normalized spacial score (nSPS) is 10.6. The van der Waals surface area contributed by atoms with Crippen LogP contribution in [0.25, 0.3) is 11.5 Å². The number of halogens is 1. The average molecular weight is 385 g/mol. The number of aromatic nitrogens is 2.